The molecule has 0 rings (SSSR count). The molecule has 0 aliphatic rings. The highest BCUT2D eigenvalue weighted by Gasteiger charge is 2.23. The average Bonchev–Trinajstić information content (AvgIpc) is 3.10. The van der Waals surface area contributed by atoms with E-state index in [-0.39, 0.29) is 12.5 Å². The SMILES string of the molecule is CCCCCCCCC/C=C/C=C/[C@@H](O)[C@H](COP(=O)([O-])OCC[N+](C)(C)C)NC(=O)CCCCCCCCCCCCCCCCCCCCCC. The average molecular weight is 771 g/mol. The second-order valence-electron chi connectivity index (χ2n) is 16.4. The van der Waals surface area contributed by atoms with E-state index >= 15 is 0 Å². The fourth-order valence-electron chi connectivity index (χ4n) is 6.39. The van der Waals surface area contributed by atoms with Crippen LogP contribution >= 0.6 is 7.82 Å². The van der Waals surface area contributed by atoms with Crippen LogP contribution < -0.4 is 10.2 Å². The van der Waals surface area contributed by atoms with Crippen molar-refractivity contribution in [2.24, 2.45) is 0 Å². The number of nitrogens with zero attached hydrogens (tertiary/aromatic N) is 1. The van der Waals surface area contributed by atoms with Crippen LogP contribution in [-0.4, -0.2) is 68.5 Å². The summed E-state index contributed by atoms with van der Waals surface area (Å²) in [4.78, 5) is 25.2. The molecule has 3 atom stereocenters. The third-order valence-electron chi connectivity index (χ3n) is 9.97. The minimum Gasteiger partial charge on any atom is -0.756 e. The highest BCUT2D eigenvalue weighted by Crippen LogP contribution is 2.38. The van der Waals surface area contributed by atoms with Gasteiger partial charge in [0.25, 0.3) is 7.82 Å². The maximum atomic E-state index is 12.8. The summed E-state index contributed by atoms with van der Waals surface area (Å²) >= 11 is 0. The van der Waals surface area contributed by atoms with Crippen LogP contribution in [-0.2, 0) is 18.4 Å². The largest absolute Gasteiger partial charge is 0.756 e. The molecule has 1 amide bonds. The lowest BCUT2D eigenvalue weighted by molar-refractivity contribution is -0.870. The number of hydrogen-bond donors (Lipinski definition) is 2. The van der Waals surface area contributed by atoms with E-state index in [4.69, 9.17) is 9.05 Å². The molecule has 0 saturated heterocycles. The molecule has 0 aromatic heterocycles. The Kier molecular flexibility index (Phi) is 35.9. The first-order valence-corrected chi connectivity index (χ1v) is 23.7. The maximum absolute atomic E-state index is 12.8. The number of allylic oxidation sites excluding steroid dienone is 3. The molecule has 0 radical (unpaired) electrons. The fourth-order valence-corrected chi connectivity index (χ4v) is 7.11. The molecule has 2 N–H and O–H groups in total. The van der Waals surface area contributed by atoms with Crippen molar-refractivity contribution in [3.05, 3.63) is 24.3 Å². The zero-order valence-electron chi connectivity index (χ0n) is 35.5. The van der Waals surface area contributed by atoms with E-state index in [1.54, 1.807) is 12.2 Å². The number of rotatable bonds is 40. The number of quaternary nitrogens is 1. The zero-order chi connectivity index (χ0) is 39.3. The quantitative estimate of drug-likeness (QED) is 0.0278. The van der Waals surface area contributed by atoms with E-state index in [1.165, 1.54) is 148 Å². The van der Waals surface area contributed by atoms with Crippen LogP contribution in [0.5, 0.6) is 0 Å². The summed E-state index contributed by atoms with van der Waals surface area (Å²) in [5, 5.41) is 13.7. The molecule has 314 valence electrons. The Morgan fingerprint density at radius 2 is 1.08 bits per heavy atom. The maximum Gasteiger partial charge on any atom is 0.268 e. The lowest BCUT2D eigenvalue weighted by atomic mass is 10.0. The summed E-state index contributed by atoms with van der Waals surface area (Å²) in [5.41, 5.74) is 0. The van der Waals surface area contributed by atoms with Gasteiger partial charge in [-0.2, -0.15) is 0 Å². The lowest BCUT2D eigenvalue weighted by Crippen LogP contribution is -2.45. The van der Waals surface area contributed by atoms with Gasteiger partial charge >= 0.3 is 0 Å². The van der Waals surface area contributed by atoms with Crippen molar-refractivity contribution >= 4 is 13.7 Å². The monoisotopic (exact) mass is 771 g/mol. The van der Waals surface area contributed by atoms with E-state index in [1.807, 2.05) is 27.2 Å². The van der Waals surface area contributed by atoms with Crippen molar-refractivity contribution in [1.82, 2.24) is 5.32 Å². The van der Waals surface area contributed by atoms with E-state index < -0.39 is 26.6 Å². The summed E-state index contributed by atoms with van der Waals surface area (Å²) in [6.45, 7) is 4.59. The van der Waals surface area contributed by atoms with Crippen LogP contribution in [0.2, 0.25) is 0 Å². The molecule has 0 fully saturated rings. The van der Waals surface area contributed by atoms with Crippen molar-refractivity contribution in [2.45, 2.75) is 212 Å². The van der Waals surface area contributed by atoms with E-state index in [0.717, 1.165) is 32.1 Å². The number of likely N-dealkylation sites (N-methyl/N-ethyl adjacent to an activating group) is 1. The molecular weight excluding hydrogens is 683 g/mol. The van der Waals surface area contributed by atoms with Crippen molar-refractivity contribution in [3.63, 3.8) is 0 Å². The summed E-state index contributed by atoms with van der Waals surface area (Å²) in [7, 11) is 1.24. The first-order valence-electron chi connectivity index (χ1n) is 22.2. The minimum atomic E-state index is -4.59. The molecule has 0 heterocycles. The first kappa shape index (κ1) is 52.0. The third-order valence-corrected chi connectivity index (χ3v) is 10.9. The molecule has 0 bridgehead atoms. The molecule has 8 nitrogen and oxygen atoms in total. The second kappa shape index (κ2) is 36.6. The number of phosphoric acid groups is 1. The van der Waals surface area contributed by atoms with E-state index in [2.05, 4.69) is 25.2 Å². The number of hydrogen-bond acceptors (Lipinski definition) is 6. The molecule has 0 aliphatic heterocycles. The van der Waals surface area contributed by atoms with Crippen LogP contribution in [0.15, 0.2) is 24.3 Å². The molecule has 0 saturated carbocycles. The lowest BCUT2D eigenvalue weighted by Gasteiger charge is -2.29. The third kappa shape index (κ3) is 39.0. The molecular formula is C44H87N2O6P. The number of nitrogens with one attached hydrogen (secondary N) is 1. The molecule has 1 unspecified atom stereocenters. The van der Waals surface area contributed by atoms with Crippen molar-refractivity contribution < 1.29 is 32.9 Å². The van der Waals surface area contributed by atoms with Crippen LogP contribution in [0.4, 0.5) is 0 Å². The summed E-state index contributed by atoms with van der Waals surface area (Å²) in [6.07, 6.45) is 42.4. The minimum absolute atomic E-state index is 0.00721. The Morgan fingerprint density at radius 1 is 0.660 bits per heavy atom. The number of aliphatic hydroxyl groups is 1. The Labute approximate surface area is 328 Å². The van der Waals surface area contributed by atoms with Gasteiger partial charge in [0.1, 0.15) is 13.2 Å². The van der Waals surface area contributed by atoms with Gasteiger partial charge < -0.3 is 28.8 Å². The van der Waals surface area contributed by atoms with Crippen LogP contribution in [0, 0.1) is 0 Å². The number of unbranched alkanes of at least 4 members (excludes halogenated alkanes) is 26. The summed E-state index contributed by atoms with van der Waals surface area (Å²) in [5.74, 6) is -0.213. The molecule has 0 aliphatic carbocycles. The van der Waals surface area contributed by atoms with E-state index in [0.29, 0.717) is 17.4 Å². The number of phosphoric ester groups is 1. The van der Waals surface area contributed by atoms with E-state index in [9.17, 15) is 19.4 Å². The Balaban J connectivity index is 4.33. The van der Waals surface area contributed by atoms with Gasteiger partial charge in [0.2, 0.25) is 5.91 Å². The molecule has 0 aromatic rings. The molecule has 0 aromatic carbocycles. The topological polar surface area (TPSA) is 108 Å². The smallest absolute Gasteiger partial charge is 0.268 e. The predicted octanol–water partition coefficient (Wildman–Crippen LogP) is 11.5. The van der Waals surface area contributed by atoms with Gasteiger partial charge in [-0.3, -0.25) is 9.36 Å². The van der Waals surface area contributed by atoms with Gasteiger partial charge in [-0.25, -0.2) is 0 Å². The standard InChI is InChI=1S/C44H87N2O6P/c1-6-8-10-12-14-16-18-19-20-21-22-23-24-25-26-28-30-32-34-36-38-44(48)45-42(41-52-53(49,50)51-40-39-46(3,4)5)43(47)37-35-33-31-29-27-17-15-13-11-9-7-2/h31,33,35,37,42-43,47H,6-30,32,34,36,38-41H2,1-5H3,(H-,45,48,49,50)/b33-31+,37-35+/t42-,43+/m0/s1. The highest BCUT2D eigenvalue weighted by atomic mass is 31.2. The Morgan fingerprint density at radius 3 is 1.51 bits per heavy atom. The van der Waals surface area contributed by atoms with Crippen molar-refractivity contribution in [3.8, 4) is 0 Å². The second-order valence-corrected chi connectivity index (χ2v) is 17.9. The molecule has 9 heteroatoms. The van der Waals surface area contributed by atoms with Gasteiger partial charge in [-0.15, -0.1) is 0 Å². The van der Waals surface area contributed by atoms with Gasteiger partial charge in [0.15, 0.2) is 0 Å². The van der Waals surface area contributed by atoms with Crippen molar-refractivity contribution in [2.75, 3.05) is 40.9 Å². The fraction of sp³-hybridized carbons (Fsp3) is 0.886. The van der Waals surface area contributed by atoms with Crippen LogP contribution in [0.25, 0.3) is 0 Å². The Bertz CT molecular complexity index is 922. The van der Waals surface area contributed by atoms with Crippen LogP contribution in [0.1, 0.15) is 200 Å². The molecule has 53 heavy (non-hydrogen) atoms. The number of carbonyl (C=O) groups excluding carboxylic acids is 1. The zero-order valence-corrected chi connectivity index (χ0v) is 36.4. The molecule has 0 spiro atoms. The van der Waals surface area contributed by atoms with Gasteiger partial charge in [-0.05, 0) is 19.3 Å². The first-order chi connectivity index (χ1) is 25.5. The van der Waals surface area contributed by atoms with Gasteiger partial charge in [0.05, 0.1) is 39.9 Å². The number of amides is 1. The van der Waals surface area contributed by atoms with Crippen LogP contribution in [0.3, 0.4) is 0 Å². The van der Waals surface area contributed by atoms with Gasteiger partial charge in [0, 0.05) is 6.42 Å². The normalized spacial score (nSPS) is 14.6. The highest BCUT2D eigenvalue weighted by molar-refractivity contribution is 7.45. The Hall–Kier alpha value is -1.02. The summed E-state index contributed by atoms with van der Waals surface area (Å²) in [6, 6.07) is -0.912. The number of carbonyl (C=O) groups is 1. The van der Waals surface area contributed by atoms with Crippen molar-refractivity contribution in [1.29, 1.82) is 0 Å². The summed E-state index contributed by atoms with van der Waals surface area (Å²) < 4.78 is 23.1. The predicted molar refractivity (Wildman–Crippen MR) is 224 cm³/mol. The number of aliphatic hydroxyl groups excluding tert-OH is 1. The van der Waals surface area contributed by atoms with Gasteiger partial charge in [-0.1, -0.05) is 199 Å².